The van der Waals surface area contributed by atoms with Gasteiger partial charge in [0.05, 0.1) is 17.8 Å². The molecule has 0 fully saturated rings. The van der Waals surface area contributed by atoms with E-state index in [1.807, 2.05) is 44.2 Å². The molecule has 0 heterocycles. The van der Waals surface area contributed by atoms with Crippen molar-refractivity contribution in [2.75, 3.05) is 6.61 Å². The van der Waals surface area contributed by atoms with E-state index in [4.69, 9.17) is 14.2 Å². The fraction of sp³-hybridized carbons (Fsp3) is 0.480. The van der Waals surface area contributed by atoms with Gasteiger partial charge < -0.3 is 14.2 Å². The number of hydrogen-bond acceptors (Lipinski definition) is 4. The first-order chi connectivity index (χ1) is 14.1. The van der Waals surface area contributed by atoms with Crippen LogP contribution in [-0.4, -0.2) is 18.7 Å². The minimum Gasteiger partial charge on any atom is -0.487 e. The van der Waals surface area contributed by atoms with Crippen LogP contribution in [0.25, 0.3) is 0 Å². The lowest BCUT2D eigenvalue weighted by atomic mass is 10.1. The van der Waals surface area contributed by atoms with Crippen molar-refractivity contribution in [3.63, 3.8) is 0 Å². The summed E-state index contributed by atoms with van der Waals surface area (Å²) < 4.78 is 17.5. The van der Waals surface area contributed by atoms with Crippen LogP contribution in [0.5, 0.6) is 11.5 Å². The van der Waals surface area contributed by atoms with Crippen LogP contribution in [0.2, 0.25) is 0 Å². The van der Waals surface area contributed by atoms with Gasteiger partial charge in [-0.1, -0.05) is 57.4 Å². The molecule has 29 heavy (non-hydrogen) atoms. The summed E-state index contributed by atoms with van der Waals surface area (Å²) in [6, 6.07) is 14.8. The van der Waals surface area contributed by atoms with Crippen molar-refractivity contribution in [2.45, 2.75) is 72.0 Å². The molecule has 0 bridgehead atoms. The first-order valence-corrected chi connectivity index (χ1v) is 10.8. The molecule has 2 aromatic carbocycles. The van der Waals surface area contributed by atoms with Crippen LogP contribution in [0, 0.1) is 0 Å². The van der Waals surface area contributed by atoms with Crippen LogP contribution in [0.1, 0.15) is 81.8 Å². The van der Waals surface area contributed by atoms with E-state index in [2.05, 4.69) is 13.8 Å². The molecule has 0 saturated heterocycles. The van der Waals surface area contributed by atoms with Gasteiger partial charge in [0.25, 0.3) is 0 Å². The maximum Gasteiger partial charge on any atom is 0.343 e. The minimum absolute atomic E-state index is 0.00202. The van der Waals surface area contributed by atoms with Gasteiger partial charge in [-0.2, -0.15) is 0 Å². The highest BCUT2D eigenvalue weighted by Crippen LogP contribution is 2.30. The zero-order chi connectivity index (χ0) is 21.1. The summed E-state index contributed by atoms with van der Waals surface area (Å²) in [5.74, 6) is 0.691. The van der Waals surface area contributed by atoms with Crippen molar-refractivity contribution in [1.29, 1.82) is 0 Å². The number of ether oxygens (including phenoxy) is 3. The van der Waals surface area contributed by atoms with E-state index >= 15 is 0 Å². The number of unbranched alkanes of at least 4 members (excludes halogenated alkanes) is 1. The Labute approximate surface area is 175 Å². The number of benzene rings is 2. The molecular weight excluding hydrogens is 364 g/mol. The lowest BCUT2D eigenvalue weighted by molar-refractivity contribution is 0.0717. The molecular formula is C25H34O4. The molecule has 2 rings (SSSR count). The SMILES string of the molecule is CCCCC(CCC)Oc1ccccc1OC(=O)c1ccc(C(C)OCC)cc1. The van der Waals surface area contributed by atoms with E-state index in [0.29, 0.717) is 23.7 Å². The lowest BCUT2D eigenvalue weighted by Crippen LogP contribution is -2.17. The van der Waals surface area contributed by atoms with Gasteiger partial charge in [0.2, 0.25) is 0 Å². The van der Waals surface area contributed by atoms with Crippen molar-refractivity contribution in [3.05, 3.63) is 59.7 Å². The average Bonchev–Trinajstić information content (AvgIpc) is 2.73. The smallest absolute Gasteiger partial charge is 0.343 e. The second kappa shape index (κ2) is 12.3. The third-order valence-electron chi connectivity index (χ3n) is 4.87. The van der Waals surface area contributed by atoms with E-state index in [9.17, 15) is 4.79 Å². The number of carbonyl (C=O) groups is 1. The van der Waals surface area contributed by atoms with Crippen LogP contribution in [-0.2, 0) is 4.74 Å². The Balaban J connectivity index is 2.08. The number of hydrogen-bond donors (Lipinski definition) is 0. The monoisotopic (exact) mass is 398 g/mol. The molecule has 0 aromatic heterocycles. The van der Waals surface area contributed by atoms with Crippen molar-refractivity contribution in [1.82, 2.24) is 0 Å². The molecule has 2 aromatic rings. The summed E-state index contributed by atoms with van der Waals surface area (Å²) in [4.78, 5) is 12.6. The highest BCUT2D eigenvalue weighted by Gasteiger charge is 2.16. The largest absolute Gasteiger partial charge is 0.487 e. The highest BCUT2D eigenvalue weighted by atomic mass is 16.6. The Morgan fingerprint density at radius 1 is 0.897 bits per heavy atom. The van der Waals surface area contributed by atoms with Gasteiger partial charge in [0.1, 0.15) is 0 Å². The van der Waals surface area contributed by atoms with Crippen molar-refractivity contribution >= 4 is 5.97 Å². The molecule has 4 nitrogen and oxygen atoms in total. The van der Waals surface area contributed by atoms with Gasteiger partial charge in [-0.25, -0.2) is 4.79 Å². The average molecular weight is 399 g/mol. The number of para-hydroxylation sites is 2. The summed E-state index contributed by atoms with van der Waals surface area (Å²) in [6.45, 7) is 8.95. The summed E-state index contributed by atoms with van der Waals surface area (Å²) in [6.07, 6.45) is 5.45. The first kappa shape index (κ1) is 23.0. The predicted octanol–water partition coefficient (Wildman–Crippen LogP) is 6.74. The Kier molecular flexibility index (Phi) is 9.72. The van der Waals surface area contributed by atoms with E-state index in [1.165, 1.54) is 0 Å². The van der Waals surface area contributed by atoms with E-state index in [0.717, 1.165) is 37.7 Å². The normalized spacial score (nSPS) is 13.0. The van der Waals surface area contributed by atoms with Crippen LogP contribution in [0.15, 0.2) is 48.5 Å². The van der Waals surface area contributed by atoms with Crippen LogP contribution >= 0.6 is 0 Å². The van der Waals surface area contributed by atoms with Crippen LogP contribution < -0.4 is 9.47 Å². The fourth-order valence-corrected chi connectivity index (χ4v) is 3.22. The van der Waals surface area contributed by atoms with Crippen molar-refractivity contribution < 1.29 is 19.0 Å². The van der Waals surface area contributed by atoms with Gasteiger partial charge in [0, 0.05) is 6.61 Å². The molecule has 0 spiro atoms. The second-order valence-electron chi connectivity index (χ2n) is 7.23. The van der Waals surface area contributed by atoms with Gasteiger partial charge in [-0.3, -0.25) is 0 Å². The zero-order valence-electron chi connectivity index (χ0n) is 18.1. The summed E-state index contributed by atoms with van der Waals surface area (Å²) >= 11 is 0. The predicted molar refractivity (Wildman–Crippen MR) is 117 cm³/mol. The molecule has 0 N–H and O–H groups in total. The van der Waals surface area contributed by atoms with Gasteiger partial charge in [-0.15, -0.1) is 0 Å². The van der Waals surface area contributed by atoms with Gasteiger partial charge in [-0.05, 0) is 56.5 Å². The molecule has 2 atom stereocenters. The Morgan fingerprint density at radius 2 is 1.59 bits per heavy atom. The van der Waals surface area contributed by atoms with Crippen molar-refractivity contribution in [2.24, 2.45) is 0 Å². The standard InChI is InChI=1S/C25H34O4/c1-5-8-12-22(11-6-2)28-23-13-9-10-14-24(23)29-25(26)21-17-15-20(16-18-21)19(4)27-7-3/h9-10,13-19,22H,5-8,11-12H2,1-4H3. The second-order valence-corrected chi connectivity index (χ2v) is 7.23. The van der Waals surface area contributed by atoms with Crippen molar-refractivity contribution in [3.8, 4) is 11.5 Å². The molecule has 2 unspecified atom stereocenters. The van der Waals surface area contributed by atoms with E-state index < -0.39 is 5.97 Å². The number of rotatable bonds is 12. The molecule has 0 amide bonds. The first-order valence-electron chi connectivity index (χ1n) is 10.8. The minimum atomic E-state index is -0.391. The summed E-state index contributed by atoms with van der Waals surface area (Å²) in [5, 5.41) is 0. The Morgan fingerprint density at radius 3 is 2.21 bits per heavy atom. The molecule has 0 aliphatic heterocycles. The molecule has 4 heteroatoms. The molecule has 158 valence electrons. The van der Waals surface area contributed by atoms with E-state index in [1.54, 1.807) is 18.2 Å². The highest BCUT2D eigenvalue weighted by molar-refractivity contribution is 5.91. The Hall–Kier alpha value is -2.33. The number of carbonyl (C=O) groups excluding carboxylic acids is 1. The van der Waals surface area contributed by atoms with Gasteiger partial charge >= 0.3 is 5.97 Å². The molecule has 0 aliphatic carbocycles. The van der Waals surface area contributed by atoms with E-state index in [-0.39, 0.29) is 12.2 Å². The third-order valence-corrected chi connectivity index (χ3v) is 4.87. The maximum atomic E-state index is 12.6. The maximum absolute atomic E-state index is 12.6. The topological polar surface area (TPSA) is 44.8 Å². The Bertz CT molecular complexity index is 739. The van der Waals surface area contributed by atoms with Crippen LogP contribution in [0.3, 0.4) is 0 Å². The third kappa shape index (κ3) is 7.21. The molecule has 0 radical (unpaired) electrons. The summed E-state index contributed by atoms with van der Waals surface area (Å²) in [7, 11) is 0. The van der Waals surface area contributed by atoms with Gasteiger partial charge in [0.15, 0.2) is 11.5 Å². The fourth-order valence-electron chi connectivity index (χ4n) is 3.22. The zero-order valence-corrected chi connectivity index (χ0v) is 18.1. The molecule has 0 aliphatic rings. The van der Waals surface area contributed by atoms with Crippen LogP contribution in [0.4, 0.5) is 0 Å². The quantitative estimate of drug-likeness (QED) is 0.293. The lowest BCUT2D eigenvalue weighted by Gasteiger charge is -2.20. The molecule has 0 saturated carbocycles. The number of esters is 1. The summed E-state index contributed by atoms with van der Waals surface area (Å²) in [5.41, 5.74) is 1.54.